The van der Waals surface area contributed by atoms with Gasteiger partial charge in [0.25, 0.3) is 0 Å². The third kappa shape index (κ3) is 4.80. The lowest BCUT2D eigenvalue weighted by Crippen LogP contribution is -2.36. The summed E-state index contributed by atoms with van der Waals surface area (Å²) in [6.07, 6.45) is 5.56. The van der Waals surface area contributed by atoms with E-state index in [2.05, 4.69) is 35.2 Å². The van der Waals surface area contributed by atoms with Crippen LogP contribution in [-0.4, -0.2) is 37.7 Å². The zero-order valence-electron chi connectivity index (χ0n) is 16.5. The quantitative estimate of drug-likeness (QED) is 0.688. The Hall–Kier alpha value is -1.75. The van der Waals surface area contributed by atoms with Gasteiger partial charge in [-0.25, -0.2) is 4.39 Å². The number of hydrogen-bond donors (Lipinski definition) is 0. The van der Waals surface area contributed by atoms with Gasteiger partial charge in [-0.05, 0) is 68.9 Å². The van der Waals surface area contributed by atoms with Crippen molar-refractivity contribution in [1.29, 1.82) is 0 Å². The van der Waals surface area contributed by atoms with Crippen LogP contribution in [0.1, 0.15) is 36.8 Å². The summed E-state index contributed by atoms with van der Waals surface area (Å²) in [5, 5.41) is 0. The molecule has 0 aliphatic carbocycles. The SMILES string of the molecule is Fc1ccc(C2(CCCN3CCC(Cc4ccccc4)CC3)OCCO2)cc1. The van der Waals surface area contributed by atoms with Gasteiger partial charge in [0.2, 0.25) is 0 Å². The van der Waals surface area contributed by atoms with E-state index in [4.69, 9.17) is 9.47 Å². The van der Waals surface area contributed by atoms with Gasteiger partial charge in [0, 0.05) is 12.0 Å². The number of halogens is 1. The fourth-order valence-electron chi connectivity index (χ4n) is 4.51. The summed E-state index contributed by atoms with van der Waals surface area (Å²) < 4.78 is 25.2. The molecule has 4 heteroatoms. The first-order valence-corrected chi connectivity index (χ1v) is 10.5. The van der Waals surface area contributed by atoms with Crippen molar-refractivity contribution >= 4 is 0 Å². The molecule has 0 atom stereocenters. The first kappa shape index (κ1) is 19.6. The normalized spacial score (nSPS) is 20.5. The summed E-state index contributed by atoms with van der Waals surface area (Å²) in [6.45, 7) is 4.60. The van der Waals surface area contributed by atoms with Crippen LogP contribution in [0.4, 0.5) is 4.39 Å². The minimum Gasteiger partial charge on any atom is -0.343 e. The second-order valence-electron chi connectivity index (χ2n) is 8.04. The van der Waals surface area contributed by atoms with E-state index in [0.717, 1.165) is 30.9 Å². The van der Waals surface area contributed by atoms with E-state index >= 15 is 0 Å². The fraction of sp³-hybridized carbons (Fsp3) is 0.500. The van der Waals surface area contributed by atoms with Crippen molar-refractivity contribution in [2.75, 3.05) is 32.8 Å². The molecule has 150 valence electrons. The van der Waals surface area contributed by atoms with E-state index in [1.54, 1.807) is 12.1 Å². The number of hydrogen-bond acceptors (Lipinski definition) is 3. The monoisotopic (exact) mass is 383 g/mol. The van der Waals surface area contributed by atoms with Crippen LogP contribution in [0.25, 0.3) is 0 Å². The van der Waals surface area contributed by atoms with Gasteiger partial charge >= 0.3 is 0 Å². The molecular formula is C24H30FNO2. The molecule has 2 aromatic carbocycles. The lowest BCUT2D eigenvalue weighted by Gasteiger charge is -2.33. The van der Waals surface area contributed by atoms with Gasteiger partial charge in [0.15, 0.2) is 5.79 Å². The number of likely N-dealkylation sites (tertiary alicyclic amines) is 1. The standard InChI is InChI=1S/C24H30FNO2/c25-23-9-7-22(8-10-23)24(27-17-18-28-24)13-4-14-26-15-11-21(12-16-26)19-20-5-2-1-3-6-20/h1-3,5-10,21H,4,11-19H2. The lowest BCUT2D eigenvalue weighted by atomic mass is 9.90. The molecule has 0 unspecified atom stereocenters. The largest absolute Gasteiger partial charge is 0.343 e. The molecule has 2 fully saturated rings. The van der Waals surface area contributed by atoms with Gasteiger partial charge < -0.3 is 14.4 Å². The minimum atomic E-state index is -0.695. The third-order valence-electron chi connectivity index (χ3n) is 6.09. The summed E-state index contributed by atoms with van der Waals surface area (Å²) >= 11 is 0. The smallest absolute Gasteiger partial charge is 0.195 e. The Morgan fingerprint density at radius 3 is 2.29 bits per heavy atom. The number of nitrogens with zero attached hydrogens (tertiary/aromatic N) is 1. The summed E-state index contributed by atoms with van der Waals surface area (Å²) in [4.78, 5) is 2.56. The van der Waals surface area contributed by atoms with Crippen LogP contribution in [0.2, 0.25) is 0 Å². The van der Waals surface area contributed by atoms with E-state index in [1.807, 2.05) is 0 Å². The molecule has 3 nitrogen and oxygen atoms in total. The second kappa shape index (κ2) is 9.17. The minimum absolute atomic E-state index is 0.227. The number of rotatable bonds is 7. The van der Waals surface area contributed by atoms with E-state index in [9.17, 15) is 4.39 Å². The molecule has 0 saturated carbocycles. The number of ether oxygens (including phenoxy) is 2. The maximum Gasteiger partial charge on any atom is 0.195 e. The predicted molar refractivity (Wildman–Crippen MR) is 109 cm³/mol. The van der Waals surface area contributed by atoms with E-state index in [-0.39, 0.29) is 5.82 Å². The van der Waals surface area contributed by atoms with E-state index in [0.29, 0.717) is 13.2 Å². The van der Waals surface area contributed by atoms with Crippen LogP contribution in [0, 0.1) is 11.7 Å². The molecule has 28 heavy (non-hydrogen) atoms. The predicted octanol–water partition coefficient (Wildman–Crippen LogP) is 4.76. The molecule has 2 heterocycles. The van der Waals surface area contributed by atoms with Gasteiger partial charge in [0.05, 0.1) is 13.2 Å². The summed E-state index contributed by atoms with van der Waals surface area (Å²) in [6, 6.07) is 17.4. The van der Waals surface area contributed by atoms with Gasteiger partial charge in [-0.15, -0.1) is 0 Å². The van der Waals surface area contributed by atoms with Gasteiger partial charge in [-0.3, -0.25) is 0 Å². The Balaban J connectivity index is 1.24. The average Bonchev–Trinajstić information content (AvgIpc) is 3.21. The molecule has 0 spiro atoms. The molecule has 4 rings (SSSR count). The van der Waals surface area contributed by atoms with Crippen molar-refractivity contribution in [3.8, 4) is 0 Å². The van der Waals surface area contributed by atoms with Crippen LogP contribution in [-0.2, 0) is 21.7 Å². The maximum atomic E-state index is 13.3. The van der Waals surface area contributed by atoms with Crippen molar-refractivity contribution in [2.45, 2.75) is 37.9 Å². The van der Waals surface area contributed by atoms with Crippen LogP contribution < -0.4 is 0 Å². The van der Waals surface area contributed by atoms with Crippen molar-refractivity contribution in [3.05, 3.63) is 71.5 Å². The van der Waals surface area contributed by atoms with Crippen molar-refractivity contribution in [1.82, 2.24) is 4.90 Å². The Kier molecular flexibility index (Phi) is 6.40. The zero-order valence-corrected chi connectivity index (χ0v) is 16.5. The van der Waals surface area contributed by atoms with Crippen LogP contribution in [0.15, 0.2) is 54.6 Å². The molecule has 0 N–H and O–H groups in total. The van der Waals surface area contributed by atoms with Crippen molar-refractivity contribution in [2.24, 2.45) is 5.92 Å². The second-order valence-corrected chi connectivity index (χ2v) is 8.04. The molecule has 0 bridgehead atoms. The van der Waals surface area contributed by atoms with Gasteiger partial charge in [-0.2, -0.15) is 0 Å². The molecule has 0 aromatic heterocycles. The highest BCUT2D eigenvalue weighted by atomic mass is 19.1. The molecule has 2 aromatic rings. The number of benzene rings is 2. The molecule has 2 aliphatic rings. The Bertz CT molecular complexity index is 720. The Morgan fingerprint density at radius 2 is 1.61 bits per heavy atom. The highest BCUT2D eigenvalue weighted by molar-refractivity contribution is 5.22. The third-order valence-corrected chi connectivity index (χ3v) is 6.09. The Labute approximate surface area is 167 Å². The summed E-state index contributed by atoms with van der Waals surface area (Å²) in [7, 11) is 0. The maximum absolute atomic E-state index is 13.3. The van der Waals surface area contributed by atoms with E-state index < -0.39 is 5.79 Å². The highest BCUT2D eigenvalue weighted by Gasteiger charge is 2.38. The average molecular weight is 384 g/mol. The van der Waals surface area contributed by atoms with E-state index in [1.165, 1.54) is 50.0 Å². The molecule has 2 aliphatic heterocycles. The van der Waals surface area contributed by atoms with Crippen molar-refractivity contribution in [3.63, 3.8) is 0 Å². The lowest BCUT2D eigenvalue weighted by molar-refractivity contribution is -0.172. The molecule has 2 saturated heterocycles. The van der Waals surface area contributed by atoms with Crippen LogP contribution in [0.3, 0.4) is 0 Å². The number of piperidine rings is 1. The molecule has 0 radical (unpaired) electrons. The molecular weight excluding hydrogens is 353 g/mol. The van der Waals surface area contributed by atoms with Crippen LogP contribution >= 0.6 is 0 Å². The van der Waals surface area contributed by atoms with Gasteiger partial charge in [-0.1, -0.05) is 42.5 Å². The first-order valence-electron chi connectivity index (χ1n) is 10.5. The fourth-order valence-corrected chi connectivity index (χ4v) is 4.51. The zero-order chi connectivity index (χ0) is 19.2. The first-order chi connectivity index (χ1) is 13.7. The topological polar surface area (TPSA) is 21.7 Å². The summed E-state index contributed by atoms with van der Waals surface area (Å²) in [5.74, 6) is -0.125. The molecule has 0 amide bonds. The van der Waals surface area contributed by atoms with Gasteiger partial charge in [0.1, 0.15) is 5.82 Å². The van der Waals surface area contributed by atoms with Crippen LogP contribution in [0.5, 0.6) is 0 Å². The van der Waals surface area contributed by atoms with Crippen molar-refractivity contribution < 1.29 is 13.9 Å². The highest BCUT2D eigenvalue weighted by Crippen LogP contribution is 2.36. The summed E-state index contributed by atoms with van der Waals surface area (Å²) in [5.41, 5.74) is 2.38. The Morgan fingerprint density at radius 1 is 0.929 bits per heavy atom.